The quantitative estimate of drug-likeness (QED) is 0.301. The van der Waals surface area contributed by atoms with Crippen LogP contribution < -0.4 is 0 Å². The molecule has 0 heterocycles. The number of halogens is 1. The van der Waals surface area contributed by atoms with Crippen LogP contribution in [-0.2, 0) is 0 Å². The van der Waals surface area contributed by atoms with Crippen molar-refractivity contribution in [3.63, 3.8) is 0 Å². The third kappa shape index (κ3) is 6.15. The summed E-state index contributed by atoms with van der Waals surface area (Å²) >= 11 is 6.11. The van der Waals surface area contributed by atoms with Crippen LogP contribution in [0, 0.1) is 16.0 Å². The van der Waals surface area contributed by atoms with Gasteiger partial charge in [-0.3, -0.25) is 10.1 Å². The molecule has 0 aliphatic heterocycles. The normalized spacial score (nSPS) is 14.8. The van der Waals surface area contributed by atoms with Crippen molar-refractivity contribution >= 4 is 23.4 Å². The summed E-state index contributed by atoms with van der Waals surface area (Å²) in [6, 6.07) is 10.3. The first-order valence-electron chi connectivity index (χ1n) is 9.11. The molecule has 29 heavy (non-hydrogen) atoms. The molecule has 7 heteroatoms. The Morgan fingerprint density at radius 1 is 1.24 bits per heavy atom. The number of phenolic OH excluding ortho intramolecular Hbond substituents is 1. The highest BCUT2D eigenvalue weighted by molar-refractivity contribution is 6.32. The number of aromatic hydroxyl groups is 1. The van der Waals surface area contributed by atoms with E-state index in [-0.39, 0.29) is 11.4 Å². The summed E-state index contributed by atoms with van der Waals surface area (Å²) in [7, 11) is 0. The van der Waals surface area contributed by atoms with Crippen molar-refractivity contribution in [2.24, 2.45) is 5.92 Å². The second kappa shape index (κ2) is 10.2. The van der Waals surface area contributed by atoms with Gasteiger partial charge in [0.2, 0.25) is 0 Å². The molecule has 2 aromatic rings. The minimum Gasteiger partial charge on any atom is -0.508 e. The maximum absolute atomic E-state index is 10.8. The van der Waals surface area contributed by atoms with Gasteiger partial charge in [0.15, 0.2) is 0 Å². The van der Waals surface area contributed by atoms with Gasteiger partial charge in [-0.05, 0) is 61.2 Å². The van der Waals surface area contributed by atoms with E-state index >= 15 is 0 Å². The summed E-state index contributed by atoms with van der Waals surface area (Å²) < 4.78 is 0. The standard InChI is InChI=1S/C22H24ClNO5/c1-3-19(22(27)15-5-8-17(9-6-15)24(28)29)21(26)11-4-14(2)12-16-7-10-18(25)13-20(16)23/h3,5-10,12-13,19,21-22,25-27H,1,4,11H2,2H3/b14-12+/t19-,21-,22-/m1/s1. The van der Waals surface area contributed by atoms with Crippen LogP contribution in [0.3, 0.4) is 0 Å². The van der Waals surface area contributed by atoms with E-state index in [0.29, 0.717) is 23.4 Å². The monoisotopic (exact) mass is 417 g/mol. The number of benzene rings is 2. The highest BCUT2D eigenvalue weighted by Crippen LogP contribution is 2.30. The molecule has 3 atom stereocenters. The lowest BCUT2D eigenvalue weighted by Crippen LogP contribution is -2.25. The average Bonchev–Trinajstić information content (AvgIpc) is 2.69. The number of nitro groups is 1. The van der Waals surface area contributed by atoms with Crippen molar-refractivity contribution in [1.82, 2.24) is 0 Å². The van der Waals surface area contributed by atoms with Crippen LogP contribution in [0.1, 0.15) is 37.0 Å². The molecule has 154 valence electrons. The summed E-state index contributed by atoms with van der Waals surface area (Å²) in [4.78, 5) is 10.3. The molecule has 0 amide bonds. The first kappa shape index (κ1) is 22.6. The van der Waals surface area contributed by atoms with Crippen LogP contribution >= 0.6 is 11.6 Å². The lowest BCUT2D eigenvalue weighted by atomic mass is 9.88. The molecule has 2 rings (SSSR count). The molecule has 2 aromatic carbocycles. The molecule has 0 fully saturated rings. The Morgan fingerprint density at radius 2 is 1.90 bits per heavy atom. The largest absolute Gasteiger partial charge is 0.508 e. The minimum atomic E-state index is -1.03. The molecule has 0 saturated carbocycles. The fourth-order valence-corrected chi connectivity index (χ4v) is 3.28. The van der Waals surface area contributed by atoms with Gasteiger partial charge in [0.25, 0.3) is 5.69 Å². The van der Waals surface area contributed by atoms with Crippen molar-refractivity contribution in [1.29, 1.82) is 0 Å². The van der Waals surface area contributed by atoms with Crippen LogP contribution in [0.25, 0.3) is 6.08 Å². The zero-order valence-electron chi connectivity index (χ0n) is 16.0. The van der Waals surface area contributed by atoms with E-state index in [1.807, 2.05) is 13.0 Å². The second-order valence-corrected chi connectivity index (χ2v) is 7.32. The Morgan fingerprint density at radius 3 is 2.45 bits per heavy atom. The van der Waals surface area contributed by atoms with Crippen LogP contribution in [0.2, 0.25) is 5.02 Å². The van der Waals surface area contributed by atoms with Gasteiger partial charge in [-0.25, -0.2) is 0 Å². The van der Waals surface area contributed by atoms with Crippen LogP contribution in [0.15, 0.2) is 60.7 Å². The topological polar surface area (TPSA) is 104 Å². The maximum Gasteiger partial charge on any atom is 0.269 e. The summed E-state index contributed by atoms with van der Waals surface area (Å²) in [5.74, 6) is -0.532. The van der Waals surface area contributed by atoms with Crippen molar-refractivity contribution < 1.29 is 20.2 Å². The van der Waals surface area contributed by atoms with Crippen molar-refractivity contribution in [3.8, 4) is 5.75 Å². The van der Waals surface area contributed by atoms with Gasteiger partial charge in [-0.2, -0.15) is 0 Å². The molecule has 0 radical (unpaired) electrons. The van der Waals surface area contributed by atoms with Gasteiger partial charge < -0.3 is 15.3 Å². The fourth-order valence-electron chi connectivity index (χ4n) is 3.05. The van der Waals surface area contributed by atoms with Gasteiger partial charge >= 0.3 is 0 Å². The Balaban J connectivity index is 2.03. The van der Waals surface area contributed by atoms with E-state index in [9.17, 15) is 25.4 Å². The van der Waals surface area contributed by atoms with Gasteiger partial charge in [-0.1, -0.05) is 29.3 Å². The van der Waals surface area contributed by atoms with Gasteiger partial charge in [0.05, 0.1) is 22.2 Å². The van der Waals surface area contributed by atoms with E-state index in [2.05, 4.69) is 6.58 Å². The first-order valence-corrected chi connectivity index (χ1v) is 9.49. The smallest absolute Gasteiger partial charge is 0.269 e. The van der Waals surface area contributed by atoms with E-state index in [0.717, 1.165) is 11.1 Å². The van der Waals surface area contributed by atoms with Crippen molar-refractivity contribution in [2.75, 3.05) is 0 Å². The predicted molar refractivity (Wildman–Crippen MR) is 114 cm³/mol. The number of nitro benzene ring substituents is 1. The number of phenols is 1. The predicted octanol–water partition coefficient (Wildman–Crippen LogP) is 5.03. The maximum atomic E-state index is 10.8. The second-order valence-electron chi connectivity index (χ2n) is 6.91. The Hall–Kier alpha value is -2.67. The number of aliphatic hydroxyl groups excluding tert-OH is 2. The Bertz CT molecular complexity index is 895. The number of rotatable bonds is 9. The zero-order valence-corrected chi connectivity index (χ0v) is 16.8. The third-order valence-corrected chi connectivity index (χ3v) is 5.07. The summed E-state index contributed by atoms with van der Waals surface area (Å²) in [5, 5.41) is 41.8. The third-order valence-electron chi connectivity index (χ3n) is 4.75. The van der Waals surface area contributed by atoms with E-state index in [1.165, 1.54) is 36.4 Å². The average molecular weight is 418 g/mol. The fraction of sp³-hybridized carbons (Fsp3) is 0.273. The lowest BCUT2D eigenvalue weighted by molar-refractivity contribution is -0.384. The number of hydrogen-bond donors (Lipinski definition) is 3. The Kier molecular flexibility index (Phi) is 7.96. The van der Waals surface area contributed by atoms with Crippen LogP contribution in [0.4, 0.5) is 5.69 Å². The highest BCUT2D eigenvalue weighted by Gasteiger charge is 2.25. The van der Waals surface area contributed by atoms with Gasteiger partial charge in [-0.15, -0.1) is 6.58 Å². The number of aliphatic hydroxyl groups is 2. The highest BCUT2D eigenvalue weighted by atomic mass is 35.5. The Labute approximate surface area is 174 Å². The lowest BCUT2D eigenvalue weighted by Gasteiger charge is -2.25. The molecular formula is C22H24ClNO5. The van der Waals surface area contributed by atoms with E-state index < -0.39 is 23.0 Å². The zero-order chi connectivity index (χ0) is 21.6. The molecule has 0 aliphatic carbocycles. The van der Waals surface area contributed by atoms with E-state index in [1.54, 1.807) is 12.1 Å². The molecule has 6 nitrogen and oxygen atoms in total. The van der Waals surface area contributed by atoms with Crippen molar-refractivity contribution in [3.05, 3.63) is 87.0 Å². The minimum absolute atomic E-state index is 0.0645. The first-order chi connectivity index (χ1) is 13.7. The van der Waals surface area contributed by atoms with Gasteiger partial charge in [0.1, 0.15) is 5.75 Å². The molecule has 0 saturated heterocycles. The summed E-state index contributed by atoms with van der Waals surface area (Å²) in [5.41, 5.74) is 2.15. The molecular weight excluding hydrogens is 394 g/mol. The summed E-state index contributed by atoms with van der Waals surface area (Å²) in [6.07, 6.45) is 2.45. The van der Waals surface area contributed by atoms with Gasteiger partial charge in [0, 0.05) is 18.1 Å². The molecule has 0 bridgehead atoms. The number of hydrogen-bond acceptors (Lipinski definition) is 5. The molecule has 0 aromatic heterocycles. The SMILES string of the molecule is C=C[C@H]([C@H](O)CC/C(C)=C/c1ccc(O)cc1Cl)[C@H](O)c1ccc([N+](=O)[O-])cc1. The molecule has 3 N–H and O–H groups in total. The van der Waals surface area contributed by atoms with Crippen LogP contribution in [0.5, 0.6) is 5.75 Å². The molecule has 0 unspecified atom stereocenters. The number of allylic oxidation sites excluding steroid dienone is 1. The number of nitrogens with zero attached hydrogens (tertiary/aromatic N) is 1. The summed E-state index contributed by atoms with van der Waals surface area (Å²) in [6.45, 7) is 5.61. The van der Waals surface area contributed by atoms with Crippen LogP contribution in [-0.4, -0.2) is 26.3 Å². The molecule has 0 spiro atoms. The number of non-ortho nitro benzene ring substituents is 1. The van der Waals surface area contributed by atoms with Crippen molar-refractivity contribution in [2.45, 2.75) is 32.0 Å². The van der Waals surface area contributed by atoms with E-state index in [4.69, 9.17) is 11.6 Å². The molecule has 0 aliphatic rings.